The summed E-state index contributed by atoms with van der Waals surface area (Å²) in [5.41, 5.74) is 2.78. The van der Waals surface area contributed by atoms with Crippen molar-refractivity contribution >= 4 is 57.3 Å². The second-order valence-corrected chi connectivity index (χ2v) is 6.01. The molecule has 1 nitrogen and oxygen atoms in total. The molecular weight excluding hydrogens is 312 g/mol. The number of fused-ring (bicyclic) bond motifs is 2. The molecule has 0 spiro atoms. The summed E-state index contributed by atoms with van der Waals surface area (Å²) in [5, 5.41) is 2.67. The highest BCUT2D eigenvalue weighted by molar-refractivity contribution is 6.50. The highest BCUT2D eigenvalue weighted by Crippen LogP contribution is 2.42. The van der Waals surface area contributed by atoms with E-state index in [0.717, 1.165) is 36.9 Å². The Hall–Kier alpha value is -0.210. The van der Waals surface area contributed by atoms with Crippen molar-refractivity contribution in [3.63, 3.8) is 0 Å². The Morgan fingerprint density at radius 2 is 1.61 bits per heavy atom. The van der Waals surface area contributed by atoms with Crippen LogP contribution in [0.25, 0.3) is 10.9 Å². The molecule has 2 aromatic rings. The third-order valence-corrected chi connectivity index (χ3v) is 4.81. The van der Waals surface area contributed by atoms with Gasteiger partial charge in [-0.3, -0.25) is 4.98 Å². The van der Waals surface area contributed by atoms with Crippen LogP contribution in [0.2, 0.25) is 20.1 Å². The number of aryl methyl sites for hydroxylation is 1. The van der Waals surface area contributed by atoms with Gasteiger partial charge in [0.1, 0.15) is 0 Å². The molecule has 1 aliphatic rings. The SMILES string of the molecule is Clc1cc(Cl)c2nc3c(c(Cl)c2c1Cl)CCCC3. The van der Waals surface area contributed by atoms with E-state index in [2.05, 4.69) is 4.98 Å². The molecule has 0 atom stereocenters. The Morgan fingerprint density at radius 1 is 0.889 bits per heavy atom. The zero-order valence-corrected chi connectivity index (χ0v) is 12.4. The number of nitrogens with zero attached hydrogens (tertiary/aromatic N) is 1. The van der Waals surface area contributed by atoms with Gasteiger partial charge in [-0.05, 0) is 37.3 Å². The van der Waals surface area contributed by atoms with Crippen LogP contribution in [0.1, 0.15) is 24.1 Å². The fourth-order valence-electron chi connectivity index (χ4n) is 2.43. The van der Waals surface area contributed by atoms with Crippen LogP contribution in [-0.4, -0.2) is 4.98 Å². The van der Waals surface area contributed by atoms with Crippen molar-refractivity contribution < 1.29 is 0 Å². The van der Waals surface area contributed by atoms with Crippen LogP contribution in [0.15, 0.2) is 6.07 Å². The smallest absolute Gasteiger partial charge is 0.0922 e. The quantitative estimate of drug-likeness (QED) is 0.565. The van der Waals surface area contributed by atoms with Crippen molar-refractivity contribution in [3.05, 3.63) is 37.4 Å². The molecule has 94 valence electrons. The number of halogens is 4. The maximum Gasteiger partial charge on any atom is 0.0922 e. The summed E-state index contributed by atoms with van der Waals surface area (Å²) in [5.74, 6) is 0. The van der Waals surface area contributed by atoms with Gasteiger partial charge in [-0.15, -0.1) is 0 Å². The first-order valence-corrected chi connectivity index (χ1v) is 7.25. The molecule has 0 saturated heterocycles. The number of rotatable bonds is 0. The maximum atomic E-state index is 6.47. The molecule has 0 unspecified atom stereocenters. The van der Waals surface area contributed by atoms with Gasteiger partial charge in [-0.2, -0.15) is 0 Å². The lowest BCUT2D eigenvalue weighted by Crippen LogP contribution is -2.07. The number of pyridine rings is 1. The van der Waals surface area contributed by atoms with Gasteiger partial charge in [0, 0.05) is 11.1 Å². The van der Waals surface area contributed by atoms with Crippen molar-refractivity contribution in [1.82, 2.24) is 4.98 Å². The van der Waals surface area contributed by atoms with E-state index in [1.165, 1.54) is 0 Å². The fourth-order valence-corrected chi connectivity index (χ4v) is 3.61. The van der Waals surface area contributed by atoms with Crippen LogP contribution in [0.3, 0.4) is 0 Å². The summed E-state index contributed by atoms with van der Waals surface area (Å²) >= 11 is 24.9. The van der Waals surface area contributed by atoms with E-state index in [0.29, 0.717) is 31.0 Å². The first kappa shape index (κ1) is 12.8. The van der Waals surface area contributed by atoms with Crippen LogP contribution in [0.4, 0.5) is 0 Å². The van der Waals surface area contributed by atoms with Gasteiger partial charge < -0.3 is 0 Å². The van der Waals surface area contributed by atoms with Crippen LogP contribution < -0.4 is 0 Å². The summed E-state index contributed by atoms with van der Waals surface area (Å²) in [6, 6.07) is 1.62. The molecule has 0 bridgehead atoms. The Labute approximate surface area is 125 Å². The van der Waals surface area contributed by atoms with Crippen LogP contribution in [0.5, 0.6) is 0 Å². The number of benzene rings is 1. The van der Waals surface area contributed by atoms with Crippen molar-refractivity contribution in [3.8, 4) is 0 Å². The van der Waals surface area contributed by atoms with E-state index in [-0.39, 0.29) is 0 Å². The molecule has 0 radical (unpaired) electrons. The van der Waals surface area contributed by atoms with Crippen molar-refractivity contribution in [2.75, 3.05) is 0 Å². The lowest BCUT2D eigenvalue weighted by atomic mass is 9.94. The Kier molecular flexibility index (Phi) is 3.36. The average Bonchev–Trinajstić information content (AvgIpc) is 2.36. The first-order chi connectivity index (χ1) is 8.59. The number of aromatic nitrogens is 1. The zero-order valence-electron chi connectivity index (χ0n) is 9.36. The van der Waals surface area contributed by atoms with Crippen LogP contribution in [0, 0.1) is 0 Å². The molecular formula is C13H9Cl4N. The predicted octanol–water partition coefficient (Wildman–Crippen LogP) is 5.73. The fraction of sp³-hybridized carbons (Fsp3) is 0.308. The summed E-state index contributed by atoms with van der Waals surface area (Å²) in [4.78, 5) is 4.62. The number of hydrogen-bond donors (Lipinski definition) is 0. The molecule has 5 heteroatoms. The summed E-state index contributed by atoms with van der Waals surface area (Å²) in [7, 11) is 0. The lowest BCUT2D eigenvalue weighted by molar-refractivity contribution is 0.671. The Bertz CT molecular complexity index is 651. The second-order valence-electron chi connectivity index (χ2n) is 4.44. The summed E-state index contributed by atoms with van der Waals surface area (Å²) < 4.78 is 0. The van der Waals surface area contributed by atoms with E-state index < -0.39 is 0 Å². The molecule has 1 aromatic carbocycles. The molecule has 3 rings (SSSR count). The minimum atomic E-state index is 0.411. The third-order valence-electron chi connectivity index (χ3n) is 3.32. The minimum absolute atomic E-state index is 0.411. The maximum absolute atomic E-state index is 6.47. The monoisotopic (exact) mass is 319 g/mol. The van der Waals surface area contributed by atoms with E-state index in [1.807, 2.05) is 0 Å². The highest BCUT2D eigenvalue weighted by Gasteiger charge is 2.21. The summed E-state index contributed by atoms with van der Waals surface area (Å²) in [6.45, 7) is 0. The van der Waals surface area contributed by atoms with Crippen molar-refractivity contribution in [1.29, 1.82) is 0 Å². The molecule has 1 heterocycles. The third kappa shape index (κ3) is 1.89. The average molecular weight is 321 g/mol. The summed E-state index contributed by atoms with van der Waals surface area (Å²) in [6.07, 6.45) is 4.16. The molecule has 1 aliphatic carbocycles. The van der Waals surface area contributed by atoms with Gasteiger partial charge in [0.25, 0.3) is 0 Å². The van der Waals surface area contributed by atoms with E-state index in [9.17, 15) is 0 Å². The van der Waals surface area contributed by atoms with Gasteiger partial charge in [0.05, 0.1) is 25.6 Å². The van der Waals surface area contributed by atoms with Crippen molar-refractivity contribution in [2.45, 2.75) is 25.7 Å². The topological polar surface area (TPSA) is 12.9 Å². The first-order valence-electron chi connectivity index (χ1n) is 5.74. The molecule has 0 amide bonds. The molecule has 1 aromatic heterocycles. The Morgan fingerprint density at radius 3 is 2.39 bits per heavy atom. The van der Waals surface area contributed by atoms with Gasteiger partial charge in [0.2, 0.25) is 0 Å². The highest BCUT2D eigenvalue weighted by atomic mass is 35.5. The van der Waals surface area contributed by atoms with E-state index in [4.69, 9.17) is 46.4 Å². The van der Waals surface area contributed by atoms with Gasteiger partial charge in [-0.1, -0.05) is 46.4 Å². The second kappa shape index (κ2) is 4.72. The van der Waals surface area contributed by atoms with Gasteiger partial charge in [0.15, 0.2) is 0 Å². The molecule has 18 heavy (non-hydrogen) atoms. The molecule has 0 aliphatic heterocycles. The lowest BCUT2D eigenvalue weighted by Gasteiger charge is -2.19. The minimum Gasteiger partial charge on any atom is -0.251 e. The predicted molar refractivity (Wildman–Crippen MR) is 78.4 cm³/mol. The molecule has 0 N–H and O–H groups in total. The zero-order chi connectivity index (χ0) is 12.9. The van der Waals surface area contributed by atoms with Crippen LogP contribution >= 0.6 is 46.4 Å². The number of hydrogen-bond acceptors (Lipinski definition) is 1. The van der Waals surface area contributed by atoms with Crippen LogP contribution in [-0.2, 0) is 12.8 Å². The van der Waals surface area contributed by atoms with E-state index >= 15 is 0 Å². The largest absolute Gasteiger partial charge is 0.251 e. The van der Waals surface area contributed by atoms with Crippen molar-refractivity contribution in [2.24, 2.45) is 0 Å². The van der Waals surface area contributed by atoms with E-state index in [1.54, 1.807) is 6.07 Å². The molecule has 0 saturated carbocycles. The van der Waals surface area contributed by atoms with Gasteiger partial charge in [-0.25, -0.2) is 0 Å². The molecule has 0 fully saturated rings. The standard InChI is InChI=1S/C13H9Cl4N/c14-7-5-8(15)13-10(12(7)17)11(16)6-3-1-2-4-9(6)18-13/h5H,1-4H2. The Balaban J connectivity index is 2.46. The normalized spacial score (nSPS) is 14.9. The van der Waals surface area contributed by atoms with Gasteiger partial charge >= 0.3 is 0 Å².